The predicted octanol–water partition coefficient (Wildman–Crippen LogP) is 2.12. The summed E-state index contributed by atoms with van der Waals surface area (Å²) in [6.45, 7) is 0.789. The smallest absolute Gasteiger partial charge is 0.225 e. The van der Waals surface area contributed by atoms with Crippen LogP contribution in [0.2, 0.25) is 0 Å². The fraction of sp³-hybridized carbons (Fsp3) is 0.500. The second-order valence-electron chi connectivity index (χ2n) is 4.07. The molecule has 1 aliphatic rings. The van der Waals surface area contributed by atoms with Crippen molar-refractivity contribution in [2.45, 2.75) is 31.8 Å². The Morgan fingerprint density at radius 3 is 3.18 bits per heavy atom. The molecular weight excluding hydrogens is 223 g/mol. The number of hydrogen-bond donors (Lipinski definition) is 1. The first-order chi connectivity index (χ1) is 8.24. The van der Waals surface area contributed by atoms with Crippen LogP contribution in [0.5, 0.6) is 0 Å². The average molecular weight is 238 g/mol. The molecule has 2 rings (SSSR count). The van der Waals surface area contributed by atoms with Gasteiger partial charge < -0.3 is 10.1 Å². The van der Waals surface area contributed by atoms with Gasteiger partial charge in [0.15, 0.2) is 0 Å². The van der Waals surface area contributed by atoms with Gasteiger partial charge in [0.25, 0.3) is 0 Å². The van der Waals surface area contributed by atoms with Crippen LogP contribution < -0.4 is 5.32 Å². The number of nitrogens with one attached hydrogen (secondary N) is 1. The van der Waals surface area contributed by atoms with Gasteiger partial charge in [-0.3, -0.25) is 4.79 Å². The molecule has 1 aromatic rings. The molecule has 0 aliphatic carbocycles. The van der Waals surface area contributed by atoms with Gasteiger partial charge in [0.1, 0.15) is 5.82 Å². The second-order valence-corrected chi connectivity index (χ2v) is 4.07. The highest BCUT2D eigenvalue weighted by atomic mass is 19.1. The molecule has 1 amide bonds. The molecule has 0 radical (unpaired) electrons. The van der Waals surface area contributed by atoms with Crippen LogP contribution >= 0.6 is 0 Å². The van der Waals surface area contributed by atoms with Crippen molar-refractivity contribution in [1.82, 2.24) is 4.98 Å². The number of carbonyl (C=O) groups excluding carboxylic acids is 1. The molecule has 0 bridgehead atoms. The number of pyridine rings is 1. The lowest BCUT2D eigenvalue weighted by Crippen LogP contribution is -2.16. The topological polar surface area (TPSA) is 51.2 Å². The molecule has 0 aromatic carbocycles. The first-order valence-electron chi connectivity index (χ1n) is 5.78. The van der Waals surface area contributed by atoms with E-state index in [1.807, 2.05) is 0 Å². The molecular formula is C12H15FN2O2. The summed E-state index contributed by atoms with van der Waals surface area (Å²) in [6, 6.07) is 4.31. The normalized spacial score (nSPS) is 19.2. The number of anilines is 1. The third-order valence-corrected chi connectivity index (χ3v) is 2.70. The van der Waals surface area contributed by atoms with Crippen LogP contribution in [-0.4, -0.2) is 23.6 Å². The molecule has 17 heavy (non-hydrogen) atoms. The summed E-state index contributed by atoms with van der Waals surface area (Å²) in [5, 5.41) is 2.56. The Labute approximate surface area is 99.2 Å². The zero-order chi connectivity index (χ0) is 12.1. The van der Waals surface area contributed by atoms with E-state index in [9.17, 15) is 9.18 Å². The van der Waals surface area contributed by atoms with Crippen molar-refractivity contribution in [2.75, 3.05) is 11.9 Å². The minimum atomic E-state index is -0.595. The van der Waals surface area contributed by atoms with Crippen LogP contribution in [0.25, 0.3) is 0 Å². The second kappa shape index (κ2) is 5.72. The van der Waals surface area contributed by atoms with Crippen LogP contribution in [-0.2, 0) is 9.53 Å². The summed E-state index contributed by atoms with van der Waals surface area (Å²) in [6.07, 6.45) is 3.37. The number of amides is 1. The predicted molar refractivity (Wildman–Crippen MR) is 61.0 cm³/mol. The highest BCUT2D eigenvalue weighted by Crippen LogP contribution is 2.17. The lowest BCUT2D eigenvalue weighted by Gasteiger charge is -2.08. The molecule has 92 valence electrons. The zero-order valence-electron chi connectivity index (χ0n) is 9.49. The maximum absolute atomic E-state index is 12.8. The molecule has 5 heteroatoms. The van der Waals surface area contributed by atoms with E-state index in [-0.39, 0.29) is 17.8 Å². The van der Waals surface area contributed by atoms with Crippen molar-refractivity contribution >= 4 is 11.7 Å². The van der Waals surface area contributed by atoms with Gasteiger partial charge in [0.2, 0.25) is 11.9 Å². The molecule has 1 fully saturated rings. The third-order valence-electron chi connectivity index (χ3n) is 2.70. The van der Waals surface area contributed by atoms with Crippen molar-refractivity contribution in [1.29, 1.82) is 0 Å². The van der Waals surface area contributed by atoms with Gasteiger partial charge in [0, 0.05) is 13.0 Å². The summed E-state index contributed by atoms with van der Waals surface area (Å²) in [5.41, 5.74) is 0. The molecule has 0 saturated carbocycles. The average Bonchev–Trinajstić information content (AvgIpc) is 2.79. The van der Waals surface area contributed by atoms with Crippen LogP contribution in [0.1, 0.15) is 25.7 Å². The van der Waals surface area contributed by atoms with Crippen molar-refractivity contribution in [3.05, 3.63) is 24.1 Å². The van der Waals surface area contributed by atoms with Crippen molar-refractivity contribution in [3.8, 4) is 0 Å². The number of carbonyl (C=O) groups is 1. The van der Waals surface area contributed by atoms with E-state index >= 15 is 0 Å². The first-order valence-corrected chi connectivity index (χ1v) is 5.78. The van der Waals surface area contributed by atoms with Crippen LogP contribution in [0.15, 0.2) is 18.2 Å². The first kappa shape index (κ1) is 12.0. The Bertz CT molecular complexity index is 392. The molecule has 1 atom stereocenters. The Morgan fingerprint density at radius 1 is 1.59 bits per heavy atom. The van der Waals surface area contributed by atoms with E-state index < -0.39 is 5.95 Å². The number of halogens is 1. The van der Waals surface area contributed by atoms with Gasteiger partial charge in [0.05, 0.1) is 6.10 Å². The summed E-state index contributed by atoms with van der Waals surface area (Å²) in [4.78, 5) is 15.1. The Kier molecular flexibility index (Phi) is 4.03. The van der Waals surface area contributed by atoms with Crippen molar-refractivity contribution in [2.24, 2.45) is 0 Å². The van der Waals surface area contributed by atoms with Gasteiger partial charge in [-0.25, -0.2) is 4.98 Å². The molecule has 0 spiro atoms. The number of aromatic nitrogens is 1. The van der Waals surface area contributed by atoms with E-state index in [0.29, 0.717) is 12.8 Å². The SMILES string of the molecule is O=C(CCC1CCCO1)Nc1cccc(F)n1. The summed E-state index contributed by atoms with van der Waals surface area (Å²) in [7, 11) is 0. The van der Waals surface area contributed by atoms with Crippen molar-refractivity contribution < 1.29 is 13.9 Å². The molecule has 1 N–H and O–H groups in total. The standard InChI is InChI=1S/C12H15FN2O2/c13-10-4-1-5-11(14-10)15-12(16)7-6-9-3-2-8-17-9/h1,4-5,9H,2-3,6-8H2,(H,14,15,16). The maximum Gasteiger partial charge on any atom is 0.225 e. The third kappa shape index (κ3) is 3.78. The van der Waals surface area contributed by atoms with E-state index in [0.717, 1.165) is 19.4 Å². The molecule has 1 saturated heterocycles. The van der Waals surface area contributed by atoms with E-state index in [4.69, 9.17) is 4.74 Å². The molecule has 1 unspecified atom stereocenters. The number of rotatable bonds is 4. The van der Waals surface area contributed by atoms with Crippen molar-refractivity contribution in [3.63, 3.8) is 0 Å². The van der Waals surface area contributed by atoms with Crippen LogP contribution in [0, 0.1) is 5.95 Å². The summed E-state index contributed by atoms with van der Waals surface area (Å²) >= 11 is 0. The Hall–Kier alpha value is -1.49. The maximum atomic E-state index is 12.8. The fourth-order valence-corrected chi connectivity index (χ4v) is 1.85. The van der Waals surface area contributed by atoms with Gasteiger partial charge in [-0.1, -0.05) is 6.07 Å². The fourth-order valence-electron chi connectivity index (χ4n) is 1.85. The highest BCUT2D eigenvalue weighted by molar-refractivity contribution is 5.89. The van der Waals surface area contributed by atoms with E-state index in [1.165, 1.54) is 12.1 Å². The van der Waals surface area contributed by atoms with E-state index in [1.54, 1.807) is 6.07 Å². The lowest BCUT2D eigenvalue weighted by molar-refractivity contribution is -0.116. The van der Waals surface area contributed by atoms with Crippen LogP contribution in [0.3, 0.4) is 0 Å². The largest absolute Gasteiger partial charge is 0.378 e. The minimum absolute atomic E-state index is 0.154. The minimum Gasteiger partial charge on any atom is -0.378 e. The van der Waals surface area contributed by atoms with Gasteiger partial charge >= 0.3 is 0 Å². The summed E-state index contributed by atoms with van der Waals surface area (Å²) in [5.74, 6) is -0.497. The highest BCUT2D eigenvalue weighted by Gasteiger charge is 2.16. The quantitative estimate of drug-likeness (QED) is 0.817. The number of nitrogens with zero attached hydrogens (tertiary/aromatic N) is 1. The zero-order valence-corrected chi connectivity index (χ0v) is 9.49. The Balaban J connectivity index is 1.76. The number of hydrogen-bond acceptors (Lipinski definition) is 3. The number of ether oxygens (including phenoxy) is 1. The van der Waals surface area contributed by atoms with Gasteiger partial charge in [-0.2, -0.15) is 4.39 Å². The van der Waals surface area contributed by atoms with Crippen LogP contribution in [0.4, 0.5) is 10.2 Å². The molecule has 1 aromatic heterocycles. The monoisotopic (exact) mass is 238 g/mol. The summed E-state index contributed by atoms with van der Waals surface area (Å²) < 4.78 is 18.2. The van der Waals surface area contributed by atoms with Gasteiger partial charge in [-0.15, -0.1) is 0 Å². The Morgan fingerprint density at radius 2 is 2.47 bits per heavy atom. The molecule has 1 aliphatic heterocycles. The van der Waals surface area contributed by atoms with E-state index in [2.05, 4.69) is 10.3 Å². The lowest BCUT2D eigenvalue weighted by atomic mass is 10.1. The molecule has 4 nitrogen and oxygen atoms in total. The molecule has 2 heterocycles. The van der Waals surface area contributed by atoms with Gasteiger partial charge in [-0.05, 0) is 31.4 Å².